The zero-order valence-corrected chi connectivity index (χ0v) is 11.6. The number of methoxy groups -OCH3 is 1. The zero-order chi connectivity index (χ0) is 14.7. The molecule has 0 bridgehead atoms. The second kappa shape index (κ2) is 5.56. The molecule has 0 atom stereocenters. The van der Waals surface area contributed by atoms with Crippen molar-refractivity contribution in [1.29, 1.82) is 5.41 Å². The van der Waals surface area contributed by atoms with Gasteiger partial charge in [0.05, 0.1) is 7.11 Å². The molecule has 1 aromatic carbocycles. The summed E-state index contributed by atoms with van der Waals surface area (Å²) in [6, 6.07) is 7.25. The molecule has 1 heterocycles. The first-order valence-electron chi connectivity index (χ1n) is 6.09. The van der Waals surface area contributed by atoms with Crippen LogP contribution in [0.5, 0.6) is 5.75 Å². The minimum Gasteiger partial charge on any atom is -0.497 e. The Hall–Kier alpha value is -2.63. The largest absolute Gasteiger partial charge is 0.497 e. The number of H-pyrrole nitrogens is 1. The van der Waals surface area contributed by atoms with Gasteiger partial charge in [-0.15, -0.1) is 0 Å². The van der Waals surface area contributed by atoms with E-state index < -0.39 is 0 Å². The molecule has 3 N–H and O–H groups in total. The van der Waals surface area contributed by atoms with Gasteiger partial charge in [-0.25, -0.2) is 4.98 Å². The molecule has 1 aromatic heterocycles. The second-order valence-corrected chi connectivity index (χ2v) is 4.35. The molecule has 0 saturated heterocycles. The van der Waals surface area contributed by atoms with Gasteiger partial charge in [0.15, 0.2) is 0 Å². The van der Waals surface area contributed by atoms with Crippen LogP contribution in [0, 0.1) is 12.3 Å². The van der Waals surface area contributed by atoms with Crippen molar-refractivity contribution in [3.8, 4) is 5.75 Å². The standard InChI is InChI=1S/C14H16N4O2/c1-8(15)12-13(16-9(2)17-14(12)19)18-10-4-6-11(20-3)7-5-10/h4-7,15H,1-3H3,(H2,16,17,18,19). The average molecular weight is 272 g/mol. The summed E-state index contributed by atoms with van der Waals surface area (Å²) < 4.78 is 5.09. The number of nitrogens with one attached hydrogen (secondary N) is 3. The molecule has 2 rings (SSSR count). The topological polar surface area (TPSA) is 90.9 Å². The Morgan fingerprint density at radius 3 is 2.55 bits per heavy atom. The molecule has 6 nitrogen and oxygen atoms in total. The fraction of sp³-hybridized carbons (Fsp3) is 0.214. The van der Waals surface area contributed by atoms with Gasteiger partial charge in [0.1, 0.15) is 23.0 Å². The molecule has 0 saturated carbocycles. The minimum absolute atomic E-state index is 0.162. The van der Waals surface area contributed by atoms with Crippen LogP contribution >= 0.6 is 0 Å². The van der Waals surface area contributed by atoms with Gasteiger partial charge in [0, 0.05) is 11.4 Å². The van der Waals surface area contributed by atoms with Crippen LogP contribution in [0.1, 0.15) is 18.3 Å². The van der Waals surface area contributed by atoms with Crippen LogP contribution in [-0.4, -0.2) is 22.8 Å². The van der Waals surface area contributed by atoms with Crippen molar-refractivity contribution in [1.82, 2.24) is 9.97 Å². The summed E-state index contributed by atoms with van der Waals surface area (Å²) in [5, 5.41) is 10.8. The van der Waals surface area contributed by atoms with Gasteiger partial charge in [-0.05, 0) is 38.1 Å². The van der Waals surface area contributed by atoms with Gasteiger partial charge < -0.3 is 20.4 Å². The van der Waals surface area contributed by atoms with Crippen molar-refractivity contribution >= 4 is 17.2 Å². The lowest BCUT2D eigenvalue weighted by atomic mass is 10.2. The van der Waals surface area contributed by atoms with Gasteiger partial charge >= 0.3 is 0 Å². The molecule has 0 unspecified atom stereocenters. The summed E-state index contributed by atoms with van der Waals surface area (Å²) in [6.45, 7) is 3.25. The lowest BCUT2D eigenvalue weighted by Crippen LogP contribution is -2.21. The maximum absolute atomic E-state index is 11.9. The number of anilines is 2. The molecular formula is C14H16N4O2. The highest BCUT2D eigenvalue weighted by Gasteiger charge is 2.12. The van der Waals surface area contributed by atoms with Crippen LogP contribution < -0.4 is 15.6 Å². The highest BCUT2D eigenvalue weighted by atomic mass is 16.5. The first-order chi connectivity index (χ1) is 9.51. The Kier molecular flexibility index (Phi) is 3.84. The van der Waals surface area contributed by atoms with E-state index in [2.05, 4.69) is 15.3 Å². The fourth-order valence-electron chi connectivity index (χ4n) is 1.84. The third kappa shape index (κ3) is 2.85. The predicted octanol–water partition coefficient (Wildman–Crippen LogP) is 2.22. The molecule has 104 valence electrons. The molecule has 0 fully saturated rings. The van der Waals surface area contributed by atoms with E-state index in [4.69, 9.17) is 10.1 Å². The highest BCUT2D eigenvalue weighted by molar-refractivity contribution is 6.00. The summed E-state index contributed by atoms with van der Waals surface area (Å²) in [4.78, 5) is 18.7. The van der Waals surface area contributed by atoms with Gasteiger partial charge in [-0.2, -0.15) is 0 Å². The Balaban J connectivity index is 2.41. The normalized spacial score (nSPS) is 10.2. The monoisotopic (exact) mass is 272 g/mol. The fourth-order valence-corrected chi connectivity index (χ4v) is 1.84. The smallest absolute Gasteiger partial charge is 0.262 e. The van der Waals surface area contributed by atoms with E-state index in [9.17, 15) is 4.79 Å². The van der Waals surface area contributed by atoms with Crippen molar-refractivity contribution in [2.45, 2.75) is 13.8 Å². The second-order valence-electron chi connectivity index (χ2n) is 4.35. The first-order valence-corrected chi connectivity index (χ1v) is 6.09. The number of benzene rings is 1. The molecule has 6 heteroatoms. The van der Waals surface area contributed by atoms with E-state index in [0.717, 1.165) is 11.4 Å². The number of rotatable bonds is 4. The number of hydrogen-bond donors (Lipinski definition) is 3. The molecule has 0 aliphatic rings. The molecular weight excluding hydrogens is 256 g/mol. The van der Waals surface area contributed by atoms with Gasteiger partial charge in [0.25, 0.3) is 5.56 Å². The van der Waals surface area contributed by atoms with Crippen LogP contribution in [-0.2, 0) is 0 Å². The van der Waals surface area contributed by atoms with Crippen LogP contribution in [0.4, 0.5) is 11.5 Å². The summed E-state index contributed by atoms with van der Waals surface area (Å²) in [5.41, 5.74) is 0.855. The van der Waals surface area contributed by atoms with E-state index in [1.54, 1.807) is 33.1 Å². The average Bonchev–Trinajstić information content (AvgIpc) is 2.38. The van der Waals surface area contributed by atoms with Crippen LogP contribution in [0.2, 0.25) is 0 Å². The van der Waals surface area contributed by atoms with E-state index in [1.165, 1.54) is 0 Å². The van der Waals surface area contributed by atoms with Crippen molar-refractivity contribution in [3.05, 3.63) is 46.0 Å². The Labute approximate surface area is 116 Å². The van der Waals surface area contributed by atoms with E-state index >= 15 is 0 Å². The molecule has 0 aliphatic heterocycles. The molecule has 0 amide bonds. The SMILES string of the molecule is COc1ccc(Nc2nc(C)[nH]c(=O)c2C(C)=N)cc1. The number of ether oxygens (including phenoxy) is 1. The van der Waals surface area contributed by atoms with Crippen molar-refractivity contribution in [3.63, 3.8) is 0 Å². The molecule has 20 heavy (non-hydrogen) atoms. The lowest BCUT2D eigenvalue weighted by Gasteiger charge is -2.11. The zero-order valence-electron chi connectivity index (χ0n) is 11.6. The number of hydrogen-bond acceptors (Lipinski definition) is 5. The number of aryl methyl sites for hydroxylation is 1. The summed E-state index contributed by atoms with van der Waals surface area (Å²) >= 11 is 0. The quantitative estimate of drug-likeness (QED) is 0.744. The van der Waals surface area contributed by atoms with Crippen molar-refractivity contribution < 1.29 is 4.74 Å². The number of aromatic amines is 1. The Bertz CT molecular complexity index is 689. The van der Waals surface area contributed by atoms with Crippen molar-refractivity contribution in [2.75, 3.05) is 12.4 Å². The molecule has 2 aromatic rings. The lowest BCUT2D eigenvalue weighted by molar-refractivity contribution is 0.415. The summed E-state index contributed by atoms with van der Waals surface area (Å²) in [6.07, 6.45) is 0. The third-order valence-corrected chi connectivity index (χ3v) is 2.77. The number of aromatic nitrogens is 2. The summed E-state index contributed by atoms with van der Waals surface area (Å²) in [7, 11) is 1.60. The predicted molar refractivity (Wildman–Crippen MR) is 78.4 cm³/mol. The van der Waals surface area contributed by atoms with E-state index in [0.29, 0.717) is 11.6 Å². The van der Waals surface area contributed by atoms with Crippen LogP contribution in [0.15, 0.2) is 29.1 Å². The van der Waals surface area contributed by atoms with Crippen molar-refractivity contribution in [2.24, 2.45) is 0 Å². The van der Waals surface area contributed by atoms with Gasteiger partial charge in [-0.3, -0.25) is 4.79 Å². The minimum atomic E-state index is -0.319. The van der Waals surface area contributed by atoms with E-state index in [1.807, 2.05) is 12.1 Å². The molecule has 0 radical (unpaired) electrons. The first kappa shape index (κ1) is 13.8. The number of nitrogens with zero attached hydrogens (tertiary/aromatic N) is 1. The summed E-state index contributed by atoms with van der Waals surface area (Å²) in [5.74, 6) is 1.62. The molecule has 0 aliphatic carbocycles. The van der Waals surface area contributed by atoms with Crippen LogP contribution in [0.3, 0.4) is 0 Å². The Morgan fingerprint density at radius 2 is 2.00 bits per heavy atom. The van der Waals surface area contributed by atoms with E-state index in [-0.39, 0.29) is 16.8 Å². The van der Waals surface area contributed by atoms with Gasteiger partial charge in [-0.1, -0.05) is 0 Å². The maximum Gasteiger partial charge on any atom is 0.262 e. The van der Waals surface area contributed by atoms with Gasteiger partial charge in [0.2, 0.25) is 0 Å². The maximum atomic E-state index is 11.9. The highest BCUT2D eigenvalue weighted by Crippen LogP contribution is 2.20. The third-order valence-electron chi connectivity index (χ3n) is 2.77. The Morgan fingerprint density at radius 1 is 1.35 bits per heavy atom. The molecule has 0 spiro atoms. The van der Waals surface area contributed by atoms with Crippen LogP contribution in [0.25, 0.3) is 0 Å².